The number of nitrogens with zero attached hydrogens (tertiary/aromatic N) is 2. The summed E-state index contributed by atoms with van der Waals surface area (Å²) in [5.74, 6) is -0.479. The molecule has 0 saturated carbocycles. The molecule has 0 bridgehead atoms. The van der Waals surface area contributed by atoms with Crippen LogP contribution >= 0.6 is 35.6 Å². The molecular formula is C21H15ClN2O2S2. The summed E-state index contributed by atoms with van der Waals surface area (Å²) in [5, 5.41) is 0.573. The van der Waals surface area contributed by atoms with Crippen LogP contribution in [0.4, 0.5) is 5.69 Å². The van der Waals surface area contributed by atoms with Gasteiger partial charge in [-0.2, -0.15) is 0 Å². The lowest BCUT2D eigenvalue weighted by molar-refractivity contribution is -0.122. The van der Waals surface area contributed by atoms with E-state index >= 15 is 0 Å². The van der Waals surface area contributed by atoms with Crippen LogP contribution in [0.1, 0.15) is 11.1 Å². The van der Waals surface area contributed by atoms with Crippen LogP contribution in [-0.4, -0.2) is 27.6 Å². The molecule has 7 heteroatoms. The van der Waals surface area contributed by atoms with Gasteiger partial charge in [0.15, 0.2) is 0 Å². The Morgan fingerprint density at radius 2 is 1.75 bits per heavy atom. The van der Waals surface area contributed by atoms with Gasteiger partial charge in [-0.3, -0.25) is 14.5 Å². The lowest BCUT2D eigenvalue weighted by Crippen LogP contribution is -2.29. The number of carbonyl (C=O) groups is 2. The molecule has 4 nitrogen and oxygen atoms in total. The van der Waals surface area contributed by atoms with Crippen LogP contribution in [0.3, 0.4) is 0 Å². The lowest BCUT2D eigenvalue weighted by Gasteiger charge is -2.15. The number of fused-ring (bicyclic) bond motifs is 1. The van der Waals surface area contributed by atoms with Gasteiger partial charge in [-0.25, -0.2) is 0 Å². The molecule has 0 unspecified atom stereocenters. The van der Waals surface area contributed by atoms with Crippen molar-refractivity contribution >= 4 is 63.0 Å². The van der Waals surface area contributed by atoms with E-state index in [-0.39, 0.29) is 18.4 Å². The SMILES string of the molecule is C=CCN1C(=O)C(=C2SC(=S)N(Cc3ccccc3Cl)C2=O)c2ccccc21. The average molecular weight is 427 g/mol. The van der Waals surface area contributed by atoms with Crippen LogP contribution in [-0.2, 0) is 16.1 Å². The summed E-state index contributed by atoms with van der Waals surface area (Å²) in [7, 11) is 0. The third-order valence-electron chi connectivity index (χ3n) is 4.60. The molecule has 2 aromatic rings. The summed E-state index contributed by atoms with van der Waals surface area (Å²) >= 11 is 12.8. The van der Waals surface area contributed by atoms with Crippen LogP contribution in [0, 0.1) is 0 Å². The third-order valence-corrected chi connectivity index (χ3v) is 6.41. The molecule has 0 aliphatic carbocycles. The molecule has 2 aliphatic heterocycles. The molecule has 2 aromatic carbocycles. The van der Waals surface area contributed by atoms with Gasteiger partial charge in [0.2, 0.25) is 0 Å². The van der Waals surface area contributed by atoms with Gasteiger partial charge in [0.1, 0.15) is 4.32 Å². The van der Waals surface area contributed by atoms with Crippen molar-refractivity contribution in [2.75, 3.05) is 11.4 Å². The first kappa shape index (κ1) is 18.9. The van der Waals surface area contributed by atoms with E-state index in [1.54, 1.807) is 17.0 Å². The van der Waals surface area contributed by atoms with Crippen molar-refractivity contribution in [3.63, 3.8) is 0 Å². The Morgan fingerprint density at radius 1 is 1.04 bits per heavy atom. The van der Waals surface area contributed by atoms with E-state index in [1.807, 2.05) is 42.5 Å². The highest BCUT2D eigenvalue weighted by molar-refractivity contribution is 8.26. The van der Waals surface area contributed by atoms with Crippen LogP contribution < -0.4 is 4.90 Å². The summed E-state index contributed by atoms with van der Waals surface area (Å²) in [4.78, 5) is 29.7. The van der Waals surface area contributed by atoms with Crippen molar-refractivity contribution in [1.82, 2.24) is 4.90 Å². The molecule has 140 valence electrons. The number of rotatable bonds is 4. The Balaban J connectivity index is 1.75. The Kier molecular flexibility index (Phi) is 5.10. The van der Waals surface area contributed by atoms with E-state index < -0.39 is 0 Å². The fourth-order valence-electron chi connectivity index (χ4n) is 3.29. The van der Waals surface area contributed by atoms with Gasteiger partial charge in [-0.1, -0.05) is 78.1 Å². The molecule has 1 fully saturated rings. The second-order valence-electron chi connectivity index (χ2n) is 6.28. The normalized spacial score (nSPS) is 18.8. The predicted molar refractivity (Wildman–Crippen MR) is 118 cm³/mol. The minimum Gasteiger partial charge on any atom is -0.304 e. The molecule has 0 spiro atoms. The van der Waals surface area contributed by atoms with E-state index in [0.717, 1.165) is 28.6 Å². The lowest BCUT2D eigenvalue weighted by atomic mass is 10.1. The molecule has 2 amide bonds. The van der Waals surface area contributed by atoms with Crippen LogP contribution in [0.15, 0.2) is 66.1 Å². The van der Waals surface area contributed by atoms with Gasteiger partial charge in [0.25, 0.3) is 11.8 Å². The molecule has 2 heterocycles. The zero-order valence-electron chi connectivity index (χ0n) is 14.7. The number of amides is 2. The Morgan fingerprint density at radius 3 is 2.50 bits per heavy atom. The number of hydrogen-bond acceptors (Lipinski definition) is 4. The third kappa shape index (κ3) is 3.07. The molecule has 0 radical (unpaired) electrons. The van der Waals surface area contributed by atoms with Gasteiger partial charge < -0.3 is 4.90 Å². The number of anilines is 1. The fourth-order valence-corrected chi connectivity index (χ4v) is 4.81. The monoisotopic (exact) mass is 426 g/mol. The smallest absolute Gasteiger partial charge is 0.267 e. The number of para-hydroxylation sites is 1. The maximum atomic E-state index is 13.2. The maximum absolute atomic E-state index is 13.2. The molecule has 1 saturated heterocycles. The van der Waals surface area contributed by atoms with E-state index in [4.69, 9.17) is 23.8 Å². The molecule has 0 atom stereocenters. The van der Waals surface area contributed by atoms with Gasteiger partial charge in [0.05, 0.1) is 22.7 Å². The number of benzene rings is 2. The quantitative estimate of drug-likeness (QED) is 0.405. The first-order chi connectivity index (χ1) is 13.5. The van der Waals surface area contributed by atoms with Crippen molar-refractivity contribution in [3.8, 4) is 0 Å². The van der Waals surface area contributed by atoms with Crippen LogP contribution in [0.5, 0.6) is 0 Å². The molecule has 2 aliphatic rings. The van der Waals surface area contributed by atoms with E-state index in [1.165, 1.54) is 4.90 Å². The zero-order chi connectivity index (χ0) is 19.8. The maximum Gasteiger partial charge on any atom is 0.267 e. The second-order valence-corrected chi connectivity index (χ2v) is 8.33. The standard InChI is InChI=1S/C21H15ClN2O2S2/c1-2-11-23-16-10-6-4-8-14(16)17(19(23)25)18-20(26)24(21(27)28-18)12-13-7-3-5-9-15(13)22/h2-10H,1,11-12H2. The summed E-state index contributed by atoms with van der Waals surface area (Å²) in [6.45, 7) is 4.37. The highest BCUT2D eigenvalue weighted by atomic mass is 35.5. The van der Waals surface area contributed by atoms with Crippen molar-refractivity contribution in [2.24, 2.45) is 0 Å². The minimum absolute atomic E-state index is 0.209. The van der Waals surface area contributed by atoms with Crippen molar-refractivity contribution in [2.45, 2.75) is 6.54 Å². The highest BCUT2D eigenvalue weighted by Gasteiger charge is 2.41. The number of hydrogen-bond donors (Lipinski definition) is 0. The van der Waals surface area contributed by atoms with Crippen molar-refractivity contribution < 1.29 is 9.59 Å². The van der Waals surface area contributed by atoms with E-state index in [2.05, 4.69) is 6.58 Å². The van der Waals surface area contributed by atoms with Crippen molar-refractivity contribution in [3.05, 3.63) is 82.2 Å². The Labute approximate surface area is 177 Å². The predicted octanol–water partition coefficient (Wildman–Crippen LogP) is 4.64. The Bertz CT molecular complexity index is 1060. The first-order valence-electron chi connectivity index (χ1n) is 8.56. The highest BCUT2D eigenvalue weighted by Crippen LogP contribution is 2.44. The summed E-state index contributed by atoms with van der Waals surface area (Å²) in [5.41, 5.74) is 2.72. The topological polar surface area (TPSA) is 40.6 Å². The summed E-state index contributed by atoms with van der Waals surface area (Å²) in [6.07, 6.45) is 1.67. The second kappa shape index (κ2) is 7.54. The molecule has 28 heavy (non-hydrogen) atoms. The largest absolute Gasteiger partial charge is 0.304 e. The number of thiocarbonyl (C=S) groups is 1. The molecule has 0 aromatic heterocycles. The summed E-state index contributed by atoms with van der Waals surface area (Å²) in [6, 6.07) is 14.8. The average Bonchev–Trinajstić information content (AvgIpc) is 3.12. The van der Waals surface area contributed by atoms with Crippen molar-refractivity contribution in [1.29, 1.82) is 0 Å². The number of carbonyl (C=O) groups excluding carboxylic acids is 2. The van der Waals surface area contributed by atoms with Gasteiger partial charge in [0, 0.05) is 17.1 Å². The minimum atomic E-state index is -0.270. The van der Waals surface area contributed by atoms with E-state index in [0.29, 0.717) is 26.4 Å². The van der Waals surface area contributed by atoms with Crippen LogP contribution in [0.2, 0.25) is 5.02 Å². The summed E-state index contributed by atoms with van der Waals surface area (Å²) < 4.78 is 0.417. The molecular weight excluding hydrogens is 412 g/mol. The molecule has 4 rings (SSSR count). The molecule has 0 N–H and O–H groups in total. The zero-order valence-corrected chi connectivity index (χ0v) is 17.1. The Hall–Kier alpha value is -2.41. The van der Waals surface area contributed by atoms with Gasteiger partial charge in [-0.05, 0) is 17.7 Å². The van der Waals surface area contributed by atoms with E-state index in [9.17, 15) is 9.59 Å². The first-order valence-corrected chi connectivity index (χ1v) is 10.2. The number of thioether (sulfide) groups is 1. The van der Waals surface area contributed by atoms with Gasteiger partial charge in [-0.15, -0.1) is 6.58 Å². The van der Waals surface area contributed by atoms with Gasteiger partial charge >= 0.3 is 0 Å². The van der Waals surface area contributed by atoms with Crippen LogP contribution in [0.25, 0.3) is 5.57 Å². The number of halogens is 1. The fraction of sp³-hybridized carbons (Fsp3) is 0.0952.